The van der Waals surface area contributed by atoms with Gasteiger partial charge in [0, 0.05) is 18.0 Å². The van der Waals surface area contributed by atoms with E-state index in [9.17, 15) is 14.7 Å². The van der Waals surface area contributed by atoms with Gasteiger partial charge < -0.3 is 19.6 Å². The summed E-state index contributed by atoms with van der Waals surface area (Å²) in [7, 11) is 0. The van der Waals surface area contributed by atoms with Crippen LogP contribution < -0.4 is 9.64 Å². The Morgan fingerprint density at radius 1 is 1.09 bits per heavy atom. The van der Waals surface area contributed by atoms with Gasteiger partial charge in [-0.25, -0.2) is 0 Å². The summed E-state index contributed by atoms with van der Waals surface area (Å²) < 4.78 is 5.66. The second-order valence-corrected chi connectivity index (χ2v) is 8.17. The molecule has 0 spiro atoms. The van der Waals surface area contributed by atoms with Crippen LogP contribution in [0.2, 0.25) is 0 Å². The SMILES string of the molecule is CC[NH+](CC)CCN1C(=O)C(=O)/C(=C(\O)c2ccc(OC(C)C)cc2)[C@H]1c1ccncc1. The highest BCUT2D eigenvalue weighted by Crippen LogP contribution is 2.39. The molecule has 32 heavy (non-hydrogen) atoms. The van der Waals surface area contributed by atoms with Crippen LogP contribution in [0, 0.1) is 0 Å². The number of aliphatic hydroxyl groups excluding tert-OH is 1. The van der Waals surface area contributed by atoms with Crippen molar-refractivity contribution in [2.45, 2.75) is 39.8 Å². The quantitative estimate of drug-likeness (QED) is 0.356. The van der Waals surface area contributed by atoms with Crippen LogP contribution in [0.15, 0.2) is 54.4 Å². The van der Waals surface area contributed by atoms with Crippen molar-refractivity contribution in [1.29, 1.82) is 0 Å². The summed E-state index contributed by atoms with van der Waals surface area (Å²) in [6, 6.07) is 9.79. The van der Waals surface area contributed by atoms with E-state index in [0.717, 1.165) is 25.2 Å². The van der Waals surface area contributed by atoms with Crippen LogP contribution in [0.1, 0.15) is 44.9 Å². The minimum atomic E-state index is -0.665. The van der Waals surface area contributed by atoms with E-state index < -0.39 is 17.7 Å². The van der Waals surface area contributed by atoms with Crippen molar-refractivity contribution in [3.63, 3.8) is 0 Å². The van der Waals surface area contributed by atoms with Crippen LogP contribution in [0.5, 0.6) is 5.75 Å². The third-order valence-electron chi connectivity index (χ3n) is 5.77. The Bertz CT molecular complexity index is 966. The molecule has 2 aromatic rings. The fourth-order valence-electron chi connectivity index (χ4n) is 4.00. The Morgan fingerprint density at radius 2 is 1.72 bits per heavy atom. The third kappa shape index (κ3) is 4.99. The summed E-state index contributed by atoms with van der Waals surface area (Å²) in [6.45, 7) is 11.1. The first kappa shape index (κ1) is 23.5. The van der Waals surface area contributed by atoms with E-state index in [1.54, 1.807) is 53.7 Å². The molecule has 7 nitrogen and oxygen atoms in total. The van der Waals surface area contributed by atoms with Gasteiger partial charge in [0.15, 0.2) is 0 Å². The van der Waals surface area contributed by atoms with Crippen LogP contribution in [0.4, 0.5) is 0 Å². The molecule has 0 saturated carbocycles. The molecule has 1 aromatic heterocycles. The van der Waals surface area contributed by atoms with Crippen molar-refractivity contribution >= 4 is 17.4 Å². The molecule has 0 radical (unpaired) electrons. The molecule has 1 aliphatic rings. The van der Waals surface area contributed by atoms with E-state index in [-0.39, 0.29) is 17.4 Å². The number of aliphatic hydroxyl groups is 1. The lowest BCUT2D eigenvalue weighted by Crippen LogP contribution is -3.12. The summed E-state index contributed by atoms with van der Waals surface area (Å²) in [5, 5.41) is 11.1. The number of likely N-dealkylation sites (tertiary alicyclic amines) is 1. The summed E-state index contributed by atoms with van der Waals surface area (Å²) in [5.74, 6) is -0.759. The average molecular weight is 439 g/mol. The number of hydrogen-bond acceptors (Lipinski definition) is 5. The van der Waals surface area contributed by atoms with E-state index in [4.69, 9.17) is 4.74 Å². The Balaban J connectivity index is 2.02. The van der Waals surface area contributed by atoms with Gasteiger partial charge in [-0.05, 0) is 69.7 Å². The number of benzene rings is 1. The van der Waals surface area contributed by atoms with Gasteiger partial charge in [0.05, 0.1) is 43.9 Å². The molecule has 170 valence electrons. The highest BCUT2D eigenvalue weighted by molar-refractivity contribution is 6.46. The summed E-state index contributed by atoms with van der Waals surface area (Å²) in [5.41, 5.74) is 1.32. The van der Waals surface area contributed by atoms with Gasteiger partial charge in [0.1, 0.15) is 11.5 Å². The van der Waals surface area contributed by atoms with Crippen LogP contribution >= 0.6 is 0 Å². The third-order valence-corrected chi connectivity index (χ3v) is 5.77. The molecule has 1 saturated heterocycles. The zero-order valence-electron chi connectivity index (χ0n) is 19.2. The first-order valence-electron chi connectivity index (χ1n) is 11.2. The first-order chi connectivity index (χ1) is 15.4. The largest absolute Gasteiger partial charge is 0.507 e. The minimum absolute atomic E-state index is 0.0272. The first-order valence-corrected chi connectivity index (χ1v) is 11.2. The van der Waals surface area contributed by atoms with Crippen molar-refractivity contribution in [3.8, 4) is 5.75 Å². The zero-order valence-corrected chi connectivity index (χ0v) is 19.2. The number of ether oxygens (including phenoxy) is 1. The fraction of sp³-hybridized carbons (Fsp3) is 0.400. The molecule has 0 bridgehead atoms. The second kappa shape index (κ2) is 10.4. The number of nitrogens with zero attached hydrogens (tertiary/aromatic N) is 2. The topological polar surface area (TPSA) is 84.2 Å². The maximum atomic E-state index is 13.1. The van der Waals surface area contributed by atoms with Gasteiger partial charge in [-0.3, -0.25) is 14.6 Å². The molecule has 3 rings (SSSR count). The van der Waals surface area contributed by atoms with Crippen molar-refractivity contribution in [1.82, 2.24) is 9.88 Å². The molecule has 2 heterocycles. The number of likely N-dealkylation sites (N-methyl/N-ethyl adjacent to an activating group) is 1. The Labute approximate surface area is 189 Å². The Kier molecular flexibility index (Phi) is 7.64. The lowest BCUT2D eigenvalue weighted by Gasteiger charge is -2.26. The predicted molar refractivity (Wildman–Crippen MR) is 122 cm³/mol. The molecule has 1 aromatic carbocycles. The van der Waals surface area contributed by atoms with E-state index in [1.165, 1.54) is 4.90 Å². The van der Waals surface area contributed by atoms with E-state index >= 15 is 0 Å². The highest BCUT2D eigenvalue weighted by Gasteiger charge is 2.46. The lowest BCUT2D eigenvalue weighted by molar-refractivity contribution is -0.895. The molecule has 1 atom stereocenters. The van der Waals surface area contributed by atoms with E-state index in [2.05, 4.69) is 18.8 Å². The standard InChI is InChI=1S/C25H31N3O4/c1-5-27(6-2)15-16-28-22(18-11-13-26-14-12-18)21(24(30)25(28)31)23(29)19-7-9-20(10-8-19)32-17(3)4/h7-14,17,22,29H,5-6,15-16H2,1-4H3/p+1/b23-21-/t22-/m1/s1. The zero-order chi connectivity index (χ0) is 23.3. The van der Waals surface area contributed by atoms with Gasteiger partial charge in [-0.2, -0.15) is 0 Å². The molecule has 2 N–H and O–H groups in total. The molecule has 1 amide bonds. The predicted octanol–water partition coefficient (Wildman–Crippen LogP) is 2.22. The maximum absolute atomic E-state index is 13.1. The maximum Gasteiger partial charge on any atom is 0.295 e. The number of amides is 1. The fourth-order valence-corrected chi connectivity index (χ4v) is 4.00. The smallest absolute Gasteiger partial charge is 0.295 e. The number of nitrogens with one attached hydrogen (secondary N) is 1. The summed E-state index contributed by atoms with van der Waals surface area (Å²) in [6.07, 6.45) is 3.28. The van der Waals surface area contributed by atoms with Crippen LogP contribution in [0.25, 0.3) is 5.76 Å². The summed E-state index contributed by atoms with van der Waals surface area (Å²) >= 11 is 0. The van der Waals surface area contributed by atoms with Crippen molar-refractivity contribution in [3.05, 3.63) is 65.5 Å². The Hall–Kier alpha value is -3.19. The second-order valence-electron chi connectivity index (χ2n) is 8.17. The number of ketones is 1. The van der Waals surface area contributed by atoms with E-state index in [1.807, 2.05) is 13.8 Å². The number of carbonyl (C=O) groups is 2. The molecular formula is C25H32N3O4+. The van der Waals surface area contributed by atoms with Crippen LogP contribution in [-0.4, -0.2) is 59.0 Å². The van der Waals surface area contributed by atoms with Crippen LogP contribution in [-0.2, 0) is 9.59 Å². The van der Waals surface area contributed by atoms with Crippen molar-refractivity contribution < 1.29 is 24.3 Å². The molecule has 0 unspecified atom stereocenters. The molecule has 7 heteroatoms. The molecular weight excluding hydrogens is 406 g/mol. The Morgan fingerprint density at radius 3 is 2.28 bits per heavy atom. The lowest BCUT2D eigenvalue weighted by atomic mass is 9.96. The van der Waals surface area contributed by atoms with Crippen molar-refractivity contribution in [2.75, 3.05) is 26.2 Å². The minimum Gasteiger partial charge on any atom is -0.507 e. The molecule has 1 fully saturated rings. The average Bonchev–Trinajstić information content (AvgIpc) is 3.05. The highest BCUT2D eigenvalue weighted by atomic mass is 16.5. The van der Waals surface area contributed by atoms with Gasteiger partial charge in [-0.15, -0.1) is 0 Å². The number of Topliss-reactive ketones (excluding diaryl/α,β-unsaturated/α-hetero) is 1. The van der Waals surface area contributed by atoms with E-state index in [0.29, 0.717) is 17.9 Å². The van der Waals surface area contributed by atoms with Gasteiger partial charge in [-0.1, -0.05) is 0 Å². The monoisotopic (exact) mass is 438 g/mol. The molecule has 1 aliphatic heterocycles. The van der Waals surface area contributed by atoms with Gasteiger partial charge in [0.2, 0.25) is 0 Å². The van der Waals surface area contributed by atoms with Gasteiger partial charge >= 0.3 is 0 Å². The number of quaternary nitrogens is 1. The number of hydrogen-bond donors (Lipinski definition) is 2. The van der Waals surface area contributed by atoms with Crippen LogP contribution in [0.3, 0.4) is 0 Å². The normalized spacial score (nSPS) is 18.1. The number of pyridine rings is 1. The number of aromatic nitrogens is 1. The molecule has 0 aliphatic carbocycles. The summed E-state index contributed by atoms with van der Waals surface area (Å²) in [4.78, 5) is 33.0. The number of carbonyl (C=O) groups excluding carboxylic acids is 2. The van der Waals surface area contributed by atoms with Crippen molar-refractivity contribution in [2.24, 2.45) is 0 Å². The number of rotatable bonds is 9. The van der Waals surface area contributed by atoms with Gasteiger partial charge in [0.25, 0.3) is 11.7 Å².